The van der Waals surface area contributed by atoms with Crippen LogP contribution in [-0.4, -0.2) is 52.8 Å². The van der Waals surface area contributed by atoms with Gasteiger partial charge in [-0.1, -0.05) is 23.7 Å². The standard InChI is InChI=1S/C29H34ClFN2O4/c1-37-22-7-8-25-23(17-22)28(24(30)19-32-25)26(34)9-10-29(18-27(35)36)11-14-33(15-12-29)13-3-5-20-4-2-6-21(31)16-20/h2,4,6-8,16-17,19,26,34H,3,5,9-15,18H2,1H3,(H,35,36). The van der Waals surface area contributed by atoms with Crippen LogP contribution in [0.2, 0.25) is 5.02 Å². The van der Waals surface area contributed by atoms with Crippen molar-refractivity contribution in [3.05, 3.63) is 70.6 Å². The molecule has 0 spiro atoms. The highest BCUT2D eigenvalue weighted by Crippen LogP contribution is 2.43. The topological polar surface area (TPSA) is 82.9 Å². The fraction of sp³-hybridized carbons (Fsp3) is 0.448. The van der Waals surface area contributed by atoms with Gasteiger partial charge in [0.1, 0.15) is 11.6 Å². The predicted octanol–water partition coefficient (Wildman–Crippen LogP) is 6.04. The Bertz CT molecular complexity index is 1230. The summed E-state index contributed by atoms with van der Waals surface area (Å²) in [5.41, 5.74) is 1.93. The number of rotatable bonds is 11. The second-order valence-electron chi connectivity index (χ2n) is 10.1. The molecule has 1 aliphatic heterocycles. The Morgan fingerprint density at radius 1 is 1.24 bits per heavy atom. The van der Waals surface area contributed by atoms with Crippen LogP contribution in [-0.2, 0) is 11.2 Å². The minimum atomic E-state index is -0.847. The van der Waals surface area contributed by atoms with E-state index in [0.29, 0.717) is 34.7 Å². The van der Waals surface area contributed by atoms with Gasteiger partial charge in [0.25, 0.3) is 0 Å². The normalized spacial score (nSPS) is 16.5. The van der Waals surface area contributed by atoms with Crippen molar-refractivity contribution in [1.29, 1.82) is 0 Å². The maximum atomic E-state index is 13.4. The summed E-state index contributed by atoms with van der Waals surface area (Å²) in [6.07, 6.45) is 5.01. The van der Waals surface area contributed by atoms with Crippen molar-refractivity contribution >= 4 is 28.5 Å². The molecule has 1 unspecified atom stereocenters. The lowest BCUT2D eigenvalue weighted by molar-refractivity contribution is -0.141. The van der Waals surface area contributed by atoms with Crippen molar-refractivity contribution in [2.75, 3.05) is 26.7 Å². The molecule has 37 heavy (non-hydrogen) atoms. The zero-order valence-corrected chi connectivity index (χ0v) is 21.9. The fourth-order valence-electron chi connectivity index (χ4n) is 5.51. The van der Waals surface area contributed by atoms with Gasteiger partial charge in [0.05, 0.1) is 30.2 Å². The number of aliphatic carboxylic acids is 1. The SMILES string of the molecule is COc1ccc2ncc(Cl)c(C(O)CCC3(CC(=O)O)CCN(CCCc4cccc(F)c4)CC3)c2c1. The number of likely N-dealkylation sites (tertiary alicyclic amines) is 1. The molecule has 2 N–H and O–H groups in total. The van der Waals surface area contributed by atoms with E-state index in [9.17, 15) is 19.4 Å². The second-order valence-corrected chi connectivity index (χ2v) is 10.5. The zero-order valence-electron chi connectivity index (χ0n) is 21.1. The number of methoxy groups -OCH3 is 1. The first kappa shape index (κ1) is 27.3. The molecule has 4 rings (SSSR count). The lowest BCUT2D eigenvalue weighted by Crippen LogP contribution is -2.41. The van der Waals surface area contributed by atoms with Crippen molar-refractivity contribution in [2.24, 2.45) is 5.41 Å². The van der Waals surface area contributed by atoms with E-state index < -0.39 is 12.1 Å². The van der Waals surface area contributed by atoms with E-state index in [0.717, 1.165) is 56.3 Å². The van der Waals surface area contributed by atoms with E-state index in [-0.39, 0.29) is 17.7 Å². The van der Waals surface area contributed by atoms with E-state index in [1.807, 2.05) is 24.3 Å². The first-order valence-corrected chi connectivity index (χ1v) is 13.2. The lowest BCUT2D eigenvalue weighted by atomic mass is 9.71. The minimum absolute atomic E-state index is 0.0789. The number of fused-ring (bicyclic) bond motifs is 1. The second kappa shape index (κ2) is 12.2. The van der Waals surface area contributed by atoms with Crippen LogP contribution < -0.4 is 4.74 Å². The average molecular weight is 529 g/mol. The molecular weight excluding hydrogens is 495 g/mol. The number of aryl methyl sites for hydroxylation is 1. The molecule has 1 aliphatic rings. The molecule has 1 saturated heterocycles. The van der Waals surface area contributed by atoms with E-state index in [1.165, 1.54) is 6.07 Å². The molecule has 0 radical (unpaired) electrons. The summed E-state index contributed by atoms with van der Waals surface area (Å²) in [7, 11) is 1.58. The fourth-order valence-corrected chi connectivity index (χ4v) is 5.78. The molecule has 0 aliphatic carbocycles. The molecule has 2 heterocycles. The zero-order chi connectivity index (χ0) is 26.4. The number of hydrogen-bond acceptors (Lipinski definition) is 5. The molecule has 0 saturated carbocycles. The number of nitrogens with zero attached hydrogens (tertiary/aromatic N) is 2. The Morgan fingerprint density at radius 3 is 2.73 bits per heavy atom. The van der Waals surface area contributed by atoms with E-state index >= 15 is 0 Å². The third-order valence-corrected chi connectivity index (χ3v) is 7.92. The van der Waals surface area contributed by atoms with Gasteiger partial charge in [-0.05, 0) is 99.5 Å². The third kappa shape index (κ3) is 6.98. The van der Waals surface area contributed by atoms with E-state index in [2.05, 4.69) is 9.88 Å². The maximum Gasteiger partial charge on any atom is 0.303 e. The van der Waals surface area contributed by atoms with Crippen molar-refractivity contribution in [1.82, 2.24) is 9.88 Å². The molecule has 1 atom stereocenters. The van der Waals surface area contributed by atoms with Crippen LogP contribution in [0.5, 0.6) is 5.75 Å². The number of halogens is 2. The van der Waals surface area contributed by atoms with Crippen LogP contribution in [0.1, 0.15) is 55.8 Å². The summed E-state index contributed by atoms with van der Waals surface area (Å²) >= 11 is 6.47. The quantitative estimate of drug-likeness (QED) is 0.316. The van der Waals surface area contributed by atoms with E-state index in [1.54, 1.807) is 25.4 Å². The van der Waals surface area contributed by atoms with Gasteiger partial charge in [-0.25, -0.2) is 4.39 Å². The molecule has 6 nitrogen and oxygen atoms in total. The van der Waals surface area contributed by atoms with Crippen LogP contribution in [0.4, 0.5) is 4.39 Å². The maximum absolute atomic E-state index is 13.4. The molecule has 0 amide bonds. The van der Waals surface area contributed by atoms with Crippen molar-refractivity contribution in [3.8, 4) is 5.75 Å². The number of pyridine rings is 1. The molecule has 3 aromatic rings. The van der Waals surface area contributed by atoms with Crippen LogP contribution in [0.25, 0.3) is 10.9 Å². The minimum Gasteiger partial charge on any atom is -0.497 e. The largest absolute Gasteiger partial charge is 0.497 e. The summed E-state index contributed by atoms with van der Waals surface area (Å²) in [6, 6.07) is 12.2. The first-order valence-electron chi connectivity index (χ1n) is 12.8. The highest BCUT2D eigenvalue weighted by atomic mass is 35.5. The van der Waals surface area contributed by atoms with Gasteiger partial charge in [-0.3, -0.25) is 9.78 Å². The summed E-state index contributed by atoms with van der Waals surface area (Å²) in [4.78, 5) is 18.5. The number of piperidine rings is 1. The molecule has 1 fully saturated rings. The van der Waals surface area contributed by atoms with Gasteiger partial charge in [0, 0.05) is 17.1 Å². The first-order chi connectivity index (χ1) is 17.8. The average Bonchev–Trinajstić information content (AvgIpc) is 2.88. The van der Waals surface area contributed by atoms with Crippen molar-refractivity contribution in [2.45, 2.75) is 51.0 Å². The number of carboxylic acid groups (broad SMARTS) is 1. The van der Waals surface area contributed by atoms with E-state index in [4.69, 9.17) is 16.3 Å². The van der Waals surface area contributed by atoms with Gasteiger partial charge in [0.15, 0.2) is 0 Å². The van der Waals surface area contributed by atoms with Crippen LogP contribution >= 0.6 is 11.6 Å². The Balaban J connectivity index is 1.38. The molecule has 2 aromatic carbocycles. The van der Waals surface area contributed by atoms with Gasteiger partial charge >= 0.3 is 5.97 Å². The Labute approximate surface area is 222 Å². The highest BCUT2D eigenvalue weighted by Gasteiger charge is 2.37. The van der Waals surface area contributed by atoms with Crippen molar-refractivity contribution < 1.29 is 24.1 Å². The number of ether oxygens (including phenoxy) is 1. The summed E-state index contributed by atoms with van der Waals surface area (Å²) in [5, 5.41) is 22.0. The van der Waals surface area contributed by atoms with Crippen LogP contribution in [0.3, 0.4) is 0 Å². The van der Waals surface area contributed by atoms with Gasteiger partial charge < -0.3 is 19.8 Å². The number of carboxylic acids is 1. The third-order valence-electron chi connectivity index (χ3n) is 7.62. The molecule has 198 valence electrons. The number of aliphatic hydroxyl groups is 1. The number of aliphatic hydroxyl groups excluding tert-OH is 1. The number of benzene rings is 2. The van der Waals surface area contributed by atoms with Gasteiger partial charge in [0.2, 0.25) is 0 Å². The molecule has 1 aromatic heterocycles. The molecule has 0 bridgehead atoms. The predicted molar refractivity (Wildman–Crippen MR) is 143 cm³/mol. The molecule has 8 heteroatoms. The summed E-state index contributed by atoms with van der Waals surface area (Å²) in [6.45, 7) is 2.51. The Hall–Kier alpha value is -2.74. The van der Waals surface area contributed by atoms with Gasteiger partial charge in [-0.15, -0.1) is 0 Å². The van der Waals surface area contributed by atoms with Crippen LogP contribution in [0.15, 0.2) is 48.7 Å². The Kier molecular flexibility index (Phi) is 9.00. The number of carbonyl (C=O) groups is 1. The summed E-state index contributed by atoms with van der Waals surface area (Å²) in [5.74, 6) is -0.375. The Morgan fingerprint density at radius 2 is 2.03 bits per heavy atom. The molecular formula is C29H34ClFN2O4. The van der Waals surface area contributed by atoms with Gasteiger partial charge in [-0.2, -0.15) is 0 Å². The number of hydrogen-bond donors (Lipinski definition) is 2. The smallest absolute Gasteiger partial charge is 0.303 e. The monoisotopic (exact) mass is 528 g/mol. The lowest BCUT2D eigenvalue weighted by Gasteiger charge is -2.41. The van der Waals surface area contributed by atoms with Crippen LogP contribution in [0, 0.1) is 11.2 Å². The number of aromatic nitrogens is 1. The summed E-state index contributed by atoms with van der Waals surface area (Å²) < 4.78 is 18.8. The van der Waals surface area contributed by atoms with Crippen molar-refractivity contribution in [3.63, 3.8) is 0 Å². The highest BCUT2D eigenvalue weighted by molar-refractivity contribution is 6.32.